The van der Waals surface area contributed by atoms with Gasteiger partial charge in [-0.15, -0.1) is 0 Å². The Morgan fingerprint density at radius 3 is 0.869 bits per heavy atom. The van der Waals surface area contributed by atoms with E-state index in [9.17, 15) is 0 Å². The minimum atomic E-state index is -0.337. The molecule has 4 aliphatic carbocycles. The Hall–Kier alpha value is -3.63. The number of benzene rings is 8. The number of ether oxygens (including phenoxy) is 6. The van der Waals surface area contributed by atoms with Crippen LogP contribution in [-0.2, 0) is 63.3 Å². The highest BCUT2D eigenvalue weighted by atomic mass is 79.9. The average molecular weight is 1840 g/mol. The standard InChI is InChI=1S/C35H52B2O4.C27H36Br2O6.C25H12Br4.2CH4/c1-3-5-7-9-11-13-21-35(22-14-12-10-8-6-4-2)33-27-29(36-38-23-15-24-39-36)17-19-31(33)32-20-18-30(28-34(32)35)37-40-25-16-26-41-37;1-30-11-13-34-17-15-32-9-7-27(8-10-33-16-18-35-14-12-31-2)25-19-21(28)3-5-23(25)24-6-4-22(29)20-26(24)27;26-13-1-5-17-18-6-2-14(27)10-22(18)25(21(17)9-13)23-11-15(28)3-7-19(23)20-8-4-16(29)12-24(20)25;;/h17-20,27-28H,3-16,21-26H2,1-2H3;3-6,19-20H,7-18H2,1-2H3;1-12H;2*1H4. The highest BCUT2D eigenvalue weighted by molar-refractivity contribution is 9.11. The van der Waals surface area contributed by atoms with Crippen LogP contribution in [0.4, 0.5) is 0 Å². The van der Waals surface area contributed by atoms with Crippen LogP contribution in [-0.4, -0.2) is 121 Å². The Labute approximate surface area is 690 Å². The van der Waals surface area contributed by atoms with Crippen molar-refractivity contribution < 1.29 is 47.0 Å². The number of halogens is 6. The first kappa shape index (κ1) is 85.8. The molecule has 8 aromatic rings. The Bertz CT molecular complexity index is 3810. The zero-order chi connectivity index (χ0) is 73.2. The van der Waals surface area contributed by atoms with Gasteiger partial charge in [-0.05, 0) is 211 Å². The molecule has 0 atom stereocenters. The second-order valence-electron chi connectivity index (χ2n) is 28.5. The molecule has 572 valence electrons. The highest BCUT2D eigenvalue weighted by Gasteiger charge is 2.53. The maximum atomic E-state index is 6.08. The van der Waals surface area contributed by atoms with Crippen LogP contribution in [0.1, 0.15) is 189 Å². The number of hydrogen-bond acceptors (Lipinski definition) is 10. The Morgan fingerprint density at radius 2 is 0.551 bits per heavy atom. The molecule has 18 heteroatoms. The summed E-state index contributed by atoms with van der Waals surface area (Å²) in [4.78, 5) is 0. The van der Waals surface area contributed by atoms with Gasteiger partial charge in [0.25, 0.3) is 0 Å². The zero-order valence-corrected chi connectivity index (χ0v) is 71.0. The van der Waals surface area contributed by atoms with Crippen molar-refractivity contribution in [3.8, 4) is 44.5 Å². The van der Waals surface area contributed by atoms with Crippen LogP contribution in [0.3, 0.4) is 0 Å². The molecule has 2 saturated heterocycles. The molecule has 1 spiro atoms. The van der Waals surface area contributed by atoms with Gasteiger partial charge in [-0.25, -0.2) is 0 Å². The van der Waals surface area contributed by atoms with E-state index in [4.69, 9.17) is 47.0 Å². The number of hydrogen-bond donors (Lipinski definition) is 0. The van der Waals surface area contributed by atoms with E-state index in [0.29, 0.717) is 66.1 Å². The van der Waals surface area contributed by atoms with Gasteiger partial charge in [-0.2, -0.15) is 0 Å². The van der Waals surface area contributed by atoms with E-state index in [-0.39, 0.29) is 45.3 Å². The third-order valence-corrected chi connectivity index (χ3v) is 24.8. The molecule has 2 fully saturated rings. The average Bonchev–Trinajstić information content (AvgIpc) is 1.51. The first-order valence-electron chi connectivity index (χ1n) is 38.2. The van der Waals surface area contributed by atoms with Crippen molar-refractivity contribution in [1.29, 1.82) is 0 Å². The van der Waals surface area contributed by atoms with Gasteiger partial charge >= 0.3 is 14.2 Å². The maximum Gasteiger partial charge on any atom is 0.493 e. The fourth-order valence-electron chi connectivity index (χ4n) is 16.9. The molecule has 2 aliphatic heterocycles. The molecular formula is C89H108B2Br6O10. The summed E-state index contributed by atoms with van der Waals surface area (Å²) in [5.74, 6) is 0. The Kier molecular flexibility index (Phi) is 33.6. The fourth-order valence-corrected chi connectivity index (χ4v) is 19.1. The van der Waals surface area contributed by atoms with E-state index in [2.05, 4.69) is 255 Å². The van der Waals surface area contributed by atoms with Crippen LogP contribution in [0.2, 0.25) is 0 Å². The van der Waals surface area contributed by atoms with E-state index in [1.54, 1.807) is 14.2 Å². The third-order valence-electron chi connectivity index (χ3n) is 21.9. The second-order valence-corrected chi connectivity index (χ2v) is 34.0. The van der Waals surface area contributed by atoms with Crippen molar-refractivity contribution >= 4 is 121 Å². The summed E-state index contributed by atoms with van der Waals surface area (Å²) in [7, 11) is 2.84. The van der Waals surface area contributed by atoms with Gasteiger partial charge in [0.05, 0.1) is 58.3 Å². The lowest BCUT2D eigenvalue weighted by molar-refractivity contribution is 0.0145. The number of fused-ring (bicyclic) bond motifs is 16. The minimum absolute atomic E-state index is 0. The lowest BCUT2D eigenvalue weighted by Gasteiger charge is -2.34. The molecule has 0 saturated carbocycles. The first-order valence-corrected chi connectivity index (χ1v) is 43.0. The number of methoxy groups -OCH3 is 2. The molecule has 0 N–H and O–H groups in total. The van der Waals surface area contributed by atoms with Crippen molar-refractivity contribution in [3.63, 3.8) is 0 Å². The maximum absolute atomic E-state index is 6.08. The van der Waals surface area contributed by atoms with Gasteiger partial charge in [0, 0.05) is 91.5 Å². The molecule has 6 aliphatic rings. The molecule has 0 bridgehead atoms. The molecule has 0 aromatic heterocycles. The van der Waals surface area contributed by atoms with Crippen LogP contribution >= 0.6 is 95.6 Å². The molecule has 14 rings (SSSR count). The number of unbranched alkanes of at least 4 members (excludes halogenated alkanes) is 10. The van der Waals surface area contributed by atoms with E-state index in [0.717, 1.165) is 78.9 Å². The van der Waals surface area contributed by atoms with Gasteiger partial charge < -0.3 is 47.0 Å². The Balaban J connectivity index is 0.000000172. The number of rotatable bonds is 34. The van der Waals surface area contributed by atoms with Crippen molar-refractivity contribution in [3.05, 3.63) is 217 Å². The highest BCUT2D eigenvalue weighted by Crippen LogP contribution is 2.64. The Morgan fingerprint density at radius 1 is 0.299 bits per heavy atom. The normalized spacial score (nSPS) is 15.3. The first-order chi connectivity index (χ1) is 51.4. The lowest BCUT2D eigenvalue weighted by atomic mass is 9.67. The molecule has 0 unspecified atom stereocenters. The zero-order valence-electron chi connectivity index (χ0n) is 61.5. The smallest absolute Gasteiger partial charge is 0.407 e. The third kappa shape index (κ3) is 19.8. The van der Waals surface area contributed by atoms with Crippen molar-refractivity contribution in [2.45, 2.75) is 161 Å². The quantitative estimate of drug-likeness (QED) is 0.0287. The molecule has 10 nitrogen and oxygen atoms in total. The summed E-state index contributed by atoms with van der Waals surface area (Å²) in [6.45, 7) is 13.6. The van der Waals surface area contributed by atoms with E-state index in [1.165, 1.54) is 190 Å². The minimum Gasteiger partial charge on any atom is -0.407 e. The predicted octanol–water partition coefficient (Wildman–Crippen LogP) is 23.7. The van der Waals surface area contributed by atoms with Crippen LogP contribution in [0.15, 0.2) is 172 Å². The lowest BCUT2D eigenvalue weighted by Crippen LogP contribution is -2.42. The summed E-state index contributed by atoms with van der Waals surface area (Å²) in [5.41, 5.74) is 23.3. The largest absolute Gasteiger partial charge is 0.493 e. The molecule has 107 heavy (non-hydrogen) atoms. The van der Waals surface area contributed by atoms with Crippen molar-refractivity contribution in [1.82, 2.24) is 0 Å². The SMILES string of the molecule is Brc1ccc2c(c1)C1(c3cc(Br)ccc3-2)c2cc(Br)ccc2-c2ccc(Br)cc21.C.C.CCCCCCCCC1(CCCCCCCC)c2cc(B3OCCCO3)ccc2-c2ccc(B3OCCCO3)cc21.COCCOCCOCCC1(CCOCCOCCOC)c2cc(Br)ccc2-c2ccc(Br)cc21. The summed E-state index contributed by atoms with van der Waals surface area (Å²) < 4.78 is 64.0. The van der Waals surface area contributed by atoms with Crippen LogP contribution in [0, 0.1) is 0 Å². The van der Waals surface area contributed by atoms with Crippen molar-refractivity contribution in [2.75, 3.05) is 107 Å². The topological polar surface area (TPSA) is 92.3 Å². The summed E-state index contributed by atoms with van der Waals surface area (Å²) in [6, 6.07) is 54.0. The molecule has 8 aromatic carbocycles. The van der Waals surface area contributed by atoms with Gasteiger partial charge in [0.15, 0.2) is 0 Å². The monoisotopic (exact) mass is 1830 g/mol. The molecule has 0 radical (unpaired) electrons. The van der Waals surface area contributed by atoms with Gasteiger partial charge in [-0.1, -0.05) is 274 Å². The van der Waals surface area contributed by atoms with Gasteiger partial charge in [0.2, 0.25) is 0 Å². The summed E-state index contributed by atoms with van der Waals surface area (Å²) in [6.07, 6.45) is 21.9. The summed E-state index contributed by atoms with van der Waals surface area (Å²) in [5, 5.41) is 0. The predicted molar refractivity (Wildman–Crippen MR) is 464 cm³/mol. The van der Waals surface area contributed by atoms with Crippen LogP contribution in [0.5, 0.6) is 0 Å². The second kappa shape index (κ2) is 41.9. The molecule has 0 amide bonds. The van der Waals surface area contributed by atoms with E-state index >= 15 is 0 Å². The van der Waals surface area contributed by atoms with E-state index < -0.39 is 0 Å². The van der Waals surface area contributed by atoms with Crippen LogP contribution in [0.25, 0.3) is 44.5 Å². The van der Waals surface area contributed by atoms with E-state index in [1.807, 2.05) is 0 Å². The van der Waals surface area contributed by atoms with Gasteiger partial charge in [0.1, 0.15) is 0 Å². The summed E-state index contributed by atoms with van der Waals surface area (Å²) >= 11 is 22.3. The van der Waals surface area contributed by atoms with Gasteiger partial charge in [-0.3, -0.25) is 0 Å². The van der Waals surface area contributed by atoms with Crippen LogP contribution < -0.4 is 10.9 Å². The molecule has 2 heterocycles. The van der Waals surface area contributed by atoms with Crippen molar-refractivity contribution in [2.24, 2.45) is 0 Å². The fraction of sp³-hybridized carbons (Fsp3) is 0.461. The molecular weight excluding hydrogens is 1730 g/mol.